The number of hydrogen-bond donors (Lipinski definition) is 2. The second-order valence-electron chi connectivity index (χ2n) is 5.34. The van der Waals surface area contributed by atoms with Gasteiger partial charge in [0, 0.05) is 10.3 Å². The molecular weight excluding hydrogens is 226 g/mol. The normalized spacial score (nSPS) is 13.9. The van der Waals surface area contributed by atoms with Crippen molar-refractivity contribution in [3.63, 3.8) is 0 Å². The Labute approximate surface area is 102 Å². The van der Waals surface area contributed by atoms with Gasteiger partial charge in [0.2, 0.25) is 0 Å². The van der Waals surface area contributed by atoms with E-state index in [2.05, 4.69) is 31.1 Å². The van der Waals surface area contributed by atoms with Crippen LogP contribution in [-0.2, 0) is 0 Å². The monoisotopic (exact) mass is 247 g/mol. The fourth-order valence-corrected chi connectivity index (χ4v) is 2.01. The van der Waals surface area contributed by atoms with E-state index in [1.165, 1.54) is 11.8 Å². The zero-order valence-electron chi connectivity index (χ0n) is 10.3. The van der Waals surface area contributed by atoms with E-state index in [0.717, 1.165) is 0 Å². The van der Waals surface area contributed by atoms with Crippen molar-refractivity contribution >= 4 is 34.3 Å². The molecule has 0 saturated heterocycles. The summed E-state index contributed by atoms with van der Waals surface area (Å²) in [6.45, 7) is 12.3. The van der Waals surface area contributed by atoms with Crippen LogP contribution in [0.2, 0.25) is 0 Å². The lowest BCUT2D eigenvalue weighted by atomic mass is 10.1. The van der Waals surface area contributed by atoms with Gasteiger partial charge in [-0.2, -0.15) is 4.99 Å². The van der Waals surface area contributed by atoms with Gasteiger partial charge in [-0.3, -0.25) is 0 Å². The molecule has 3 nitrogen and oxygen atoms in total. The molecule has 0 heterocycles. The molecule has 0 unspecified atom stereocenters. The van der Waals surface area contributed by atoms with Crippen LogP contribution in [0, 0.1) is 0 Å². The molecule has 0 aliphatic heterocycles. The number of rotatable bonds is 0. The van der Waals surface area contributed by atoms with E-state index in [0.29, 0.717) is 10.3 Å². The van der Waals surface area contributed by atoms with Crippen molar-refractivity contribution in [2.24, 2.45) is 10.7 Å². The van der Waals surface area contributed by atoms with Crippen molar-refractivity contribution in [1.29, 1.82) is 0 Å². The Hall–Kier alpha value is -0.290. The molecule has 15 heavy (non-hydrogen) atoms. The standard InChI is InChI=1S/C10H21N3S2/c1-9(2,3)13-8(14)12-7(11)15-10(4,5)6/h1-6H3,(H3,11,12,13,14). The van der Waals surface area contributed by atoms with Gasteiger partial charge in [0.05, 0.1) is 0 Å². The van der Waals surface area contributed by atoms with Gasteiger partial charge in [-0.1, -0.05) is 32.5 Å². The van der Waals surface area contributed by atoms with Gasteiger partial charge in [0.25, 0.3) is 0 Å². The zero-order chi connectivity index (χ0) is 12.3. The first-order valence-electron chi connectivity index (χ1n) is 4.85. The van der Waals surface area contributed by atoms with Crippen LogP contribution >= 0.6 is 24.0 Å². The highest BCUT2D eigenvalue weighted by atomic mass is 32.2. The van der Waals surface area contributed by atoms with Crippen LogP contribution in [0.25, 0.3) is 0 Å². The highest BCUT2D eigenvalue weighted by molar-refractivity contribution is 8.14. The topological polar surface area (TPSA) is 50.4 Å². The molecule has 0 bridgehead atoms. The van der Waals surface area contributed by atoms with E-state index in [1.54, 1.807) is 0 Å². The fourth-order valence-electron chi connectivity index (χ4n) is 0.785. The number of nitrogens with one attached hydrogen (secondary N) is 1. The Morgan fingerprint density at radius 1 is 1.20 bits per heavy atom. The summed E-state index contributed by atoms with van der Waals surface area (Å²) in [6, 6.07) is 0. The van der Waals surface area contributed by atoms with Crippen LogP contribution in [0.3, 0.4) is 0 Å². The minimum Gasteiger partial charge on any atom is -0.378 e. The summed E-state index contributed by atoms with van der Waals surface area (Å²) in [5, 5.41) is 4.03. The SMILES string of the molecule is CC(C)(C)NC(=S)/N=C(\N)SC(C)(C)C. The lowest BCUT2D eigenvalue weighted by Crippen LogP contribution is -2.39. The van der Waals surface area contributed by atoms with Crippen molar-refractivity contribution in [2.45, 2.75) is 51.8 Å². The summed E-state index contributed by atoms with van der Waals surface area (Å²) in [4.78, 5) is 4.13. The first-order chi connectivity index (χ1) is 6.49. The Kier molecular flexibility index (Phi) is 5.06. The molecule has 0 rings (SSSR count). The number of thioether (sulfide) groups is 1. The minimum absolute atomic E-state index is 0.0604. The molecule has 0 saturated carbocycles. The molecule has 88 valence electrons. The quantitative estimate of drug-likeness (QED) is 0.392. The minimum atomic E-state index is -0.0761. The van der Waals surface area contributed by atoms with E-state index < -0.39 is 0 Å². The summed E-state index contributed by atoms with van der Waals surface area (Å²) < 4.78 is 0.0604. The van der Waals surface area contributed by atoms with E-state index in [4.69, 9.17) is 18.0 Å². The van der Waals surface area contributed by atoms with Gasteiger partial charge in [-0.05, 0) is 33.0 Å². The molecule has 5 heteroatoms. The Morgan fingerprint density at radius 3 is 2.00 bits per heavy atom. The van der Waals surface area contributed by atoms with Gasteiger partial charge in [0.15, 0.2) is 10.3 Å². The maximum Gasteiger partial charge on any atom is 0.195 e. The number of amidine groups is 1. The predicted molar refractivity (Wildman–Crippen MR) is 74.5 cm³/mol. The molecule has 0 aliphatic rings. The molecular formula is C10H21N3S2. The number of nitrogens with zero attached hydrogens (tertiary/aromatic N) is 1. The molecule has 0 aromatic carbocycles. The molecule has 0 aliphatic carbocycles. The highest BCUT2D eigenvalue weighted by Gasteiger charge is 2.15. The van der Waals surface area contributed by atoms with Crippen LogP contribution < -0.4 is 11.1 Å². The van der Waals surface area contributed by atoms with Gasteiger partial charge in [-0.25, -0.2) is 0 Å². The predicted octanol–water partition coefficient (Wildman–Crippen LogP) is 2.51. The third-order valence-corrected chi connectivity index (χ3v) is 2.21. The summed E-state index contributed by atoms with van der Waals surface area (Å²) in [5.41, 5.74) is 5.69. The molecule has 0 aromatic rings. The van der Waals surface area contributed by atoms with Crippen LogP contribution in [0.4, 0.5) is 0 Å². The summed E-state index contributed by atoms with van der Waals surface area (Å²) >= 11 is 6.59. The van der Waals surface area contributed by atoms with Crippen molar-refractivity contribution in [2.75, 3.05) is 0 Å². The summed E-state index contributed by atoms with van der Waals surface area (Å²) in [7, 11) is 0. The second-order valence-corrected chi connectivity index (χ2v) is 7.58. The number of hydrogen-bond acceptors (Lipinski definition) is 2. The maximum absolute atomic E-state index is 5.77. The largest absolute Gasteiger partial charge is 0.378 e. The number of thiocarbonyl (C=S) groups is 1. The summed E-state index contributed by atoms with van der Waals surface area (Å²) in [6.07, 6.45) is 0. The van der Waals surface area contributed by atoms with Crippen LogP contribution in [-0.4, -0.2) is 20.6 Å². The zero-order valence-corrected chi connectivity index (χ0v) is 12.0. The van der Waals surface area contributed by atoms with Gasteiger partial charge in [0.1, 0.15) is 0 Å². The Balaban J connectivity index is 4.31. The Bertz CT molecular complexity index is 259. The van der Waals surface area contributed by atoms with Crippen LogP contribution in [0.15, 0.2) is 4.99 Å². The highest BCUT2D eigenvalue weighted by Crippen LogP contribution is 2.22. The Morgan fingerprint density at radius 2 is 1.67 bits per heavy atom. The lowest BCUT2D eigenvalue weighted by Gasteiger charge is -2.21. The molecule has 3 N–H and O–H groups in total. The van der Waals surface area contributed by atoms with E-state index in [1.807, 2.05) is 20.8 Å². The third-order valence-electron chi connectivity index (χ3n) is 1.10. The second kappa shape index (κ2) is 5.16. The van der Waals surface area contributed by atoms with Crippen molar-refractivity contribution < 1.29 is 0 Å². The van der Waals surface area contributed by atoms with E-state index in [-0.39, 0.29) is 10.3 Å². The molecule has 0 amide bonds. The van der Waals surface area contributed by atoms with E-state index in [9.17, 15) is 0 Å². The molecule has 0 radical (unpaired) electrons. The first-order valence-corrected chi connectivity index (χ1v) is 6.07. The third kappa shape index (κ3) is 10.0. The van der Waals surface area contributed by atoms with Gasteiger partial charge < -0.3 is 11.1 Å². The molecule has 0 aromatic heterocycles. The summed E-state index contributed by atoms with van der Waals surface area (Å²) in [5.74, 6) is 0. The van der Waals surface area contributed by atoms with Crippen molar-refractivity contribution in [3.05, 3.63) is 0 Å². The van der Waals surface area contributed by atoms with Crippen LogP contribution in [0.5, 0.6) is 0 Å². The van der Waals surface area contributed by atoms with Crippen molar-refractivity contribution in [1.82, 2.24) is 5.32 Å². The van der Waals surface area contributed by atoms with Gasteiger partial charge in [-0.15, -0.1) is 0 Å². The number of aliphatic imine (C=N–C) groups is 1. The van der Waals surface area contributed by atoms with E-state index >= 15 is 0 Å². The smallest absolute Gasteiger partial charge is 0.195 e. The lowest BCUT2D eigenvalue weighted by molar-refractivity contribution is 0.513. The van der Waals surface area contributed by atoms with Crippen LogP contribution in [0.1, 0.15) is 41.5 Å². The molecule has 0 spiro atoms. The number of nitrogens with two attached hydrogens (primary N) is 1. The fraction of sp³-hybridized carbons (Fsp3) is 0.800. The first kappa shape index (κ1) is 14.7. The maximum atomic E-state index is 5.77. The molecule has 0 fully saturated rings. The van der Waals surface area contributed by atoms with Gasteiger partial charge >= 0.3 is 0 Å². The molecule has 0 atom stereocenters. The average molecular weight is 247 g/mol. The average Bonchev–Trinajstić information content (AvgIpc) is 1.73. The van der Waals surface area contributed by atoms with Crippen molar-refractivity contribution in [3.8, 4) is 0 Å².